The Balaban J connectivity index is 1.67. The van der Waals surface area contributed by atoms with Crippen LogP contribution in [0, 0.1) is 11.8 Å². The molecule has 0 aromatic carbocycles. The average molecular weight is 265 g/mol. The van der Waals surface area contributed by atoms with Crippen LogP contribution >= 0.6 is 0 Å². The van der Waals surface area contributed by atoms with E-state index in [0.29, 0.717) is 18.0 Å². The van der Waals surface area contributed by atoms with E-state index in [1.165, 1.54) is 32.5 Å². The summed E-state index contributed by atoms with van der Waals surface area (Å²) in [6.07, 6.45) is 3.91. The van der Waals surface area contributed by atoms with Crippen molar-refractivity contribution in [3.05, 3.63) is 0 Å². The molecule has 0 unspecified atom stereocenters. The van der Waals surface area contributed by atoms with E-state index in [9.17, 15) is 4.79 Å². The van der Waals surface area contributed by atoms with E-state index >= 15 is 0 Å². The van der Waals surface area contributed by atoms with E-state index < -0.39 is 0 Å². The van der Waals surface area contributed by atoms with Gasteiger partial charge in [0, 0.05) is 38.8 Å². The summed E-state index contributed by atoms with van der Waals surface area (Å²) in [5.74, 6) is 1.88. The van der Waals surface area contributed by atoms with Crippen molar-refractivity contribution in [3.63, 3.8) is 0 Å². The zero-order valence-electron chi connectivity index (χ0n) is 12.4. The summed E-state index contributed by atoms with van der Waals surface area (Å²) < 4.78 is 0. The monoisotopic (exact) mass is 265 g/mol. The smallest absolute Gasteiger partial charge is 0.237 e. The molecule has 0 radical (unpaired) electrons. The molecule has 4 heteroatoms. The summed E-state index contributed by atoms with van der Waals surface area (Å²) in [6, 6.07) is 1.15. The lowest BCUT2D eigenvalue weighted by atomic mass is 10.0. The summed E-state index contributed by atoms with van der Waals surface area (Å²) >= 11 is 0. The second-order valence-corrected chi connectivity index (χ2v) is 6.90. The Bertz CT molecular complexity index is 353. The first-order valence-corrected chi connectivity index (χ1v) is 7.81. The zero-order chi connectivity index (χ0) is 13.6. The lowest BCUT2D eigenvalue weighted by molar-refractivity contribution is -0.126. The number of carbonyl (C=O) groups is 1. The largest absolute Gasteiger partial charge is 0.358 e. The Morgan fingerprint density at radius 1 is 1.32 bits per heavy atom. The molecule has 4 nitrogen and oxygen atoms in total. The topological polar surface area (TPSA) is 35.6 Å². The quantitative estimate of drug-likeness (QED) is 0.821. The number of hydrogen-bond acceptors (Lipinski definition) is 3. The van der Waals surface area contributed by atoms with Gasteiger partial charge in [0.15, 0.2) is 0 Å². The molecule has 2 heterocycles. The predicted octanol–water partition coefficient (Wildman–Crippen LogP) is 0.926. The van der Waals surface area contributed by atoms with Crippen molar-refractivity contribution in [2.24, 2.45) is 11.8 Å². The minimum absolute atomic E-state index is 0.100. The van der Waals surface area contributed by atoms with Gasteiger partial charge in [-0.05, 0) is 44.9 Å². The van der Waals surface area contributed by atoms with Crippen molar-refractivity contribution in [2.45, 2.75) is 51.2 Å². The van der Waals surface area contributed by atoms with Crippen molar-refractivity contribution >= 4 is 5.91 Å². The first-order chi connectivity index (χ1) is 9.10. The Morgan fingerprint density at radius 3 is 2.63 bits per heavy atom. The van der Waals surface area contributed by atoms with Crippen molar-refractivity contribution < 1.29 is 4.79 Å². The molecule has 1 amide bonds. The Kier molecular flexibility index (Phi) is 3.56. The van der Waals surface area contributed by atoms with E-state index in [2.05, 4.69) is 29.0 Å². The Morgan fingerprint density at radius 2 is 2.05 bits per heavy atom. The molecule has 3 fully saturated rings. The van der Waals surface area contributed by atoms with E-state index in [0.717, 1.165) is 12.3 Å². The molecule has 3 rings (SSSR count). The molecule has 1 saturated carbocycles. The van der Waals surface area contributed by atoms with Gasteiger partial charge in [-0.2, -0.15) is 0 Å². The van der Waals surface area contributed by atoms with Gasteiger partial charge in [-0.15, -0.1) is 0 Å². The number of hydrogen-bond donors (Lipinski definition) is 1. The van der Waals surface area contributed by atoms with Crippen LogP contribution in [0.2, 0.25) is 0 Å². The second-order valence-electron chi connectivity index (χ2n) is 6.90. The molecule has 0 bridgehead atoms. The highest BCUT2D eigenvalue weighted by molar-refractivity contribution is 5.82. The number of carbonyl (C=O) groups excluding carboxylic acids is 1. The molecule has 1 aliphatic carbocycles. The van der Waals surface area contributed by atoms with E-state index in [1.807, 2.05) is 0 Å². The van der Waals surface area contributed by atoms with Gasteiger partial charge in [-0.3, -0.25) is 9.69 Å². The van der Waals surface area contributed by atoms with Crippen LogP contribution in [-0.2, 0) is 4.79 Å². The fourth-order valence-corrected chi connectivity index (χ4v) is 4.12. The Labute approximate surface area is 116 Å². The maximum Gasteiger partial charge on any atom is 0.237 e. The molecule has 2 saturated heterocycles. The van der Waals surface area contributed by atoms with Gasteiger partial charge >= 0.3 is 0 Å². The number of amides is 1. The fourth-order valence-electron chi connectivity index (χ4n) is 4.12. The van der Waals surface area contributed by atoms with Gasteiger partial charge in [0.2, 0.25) is 5.91 Å². The number of likely N-dealkylation sites (tertiary alicyclic amines) is 2. The zero-order valence-corrected chi connectivity index (χ0v) is 12.4. The van der Waals surface area contributed by atoms with Gasteiger partial charge in [0.25, 0.3) is 0 Å². The van der Waals surface area contributed by atoms with E-state index in [-0.39, 0.29) is 11.9 Å². The highest BCUT2D eigenvalue weighted by Crippen LogP contribution is 2.39. The molecule has 3 atom stereocenters. The molecular formula is C15H27N3O. The van der Waals surface area contributed by atoms with Crippen LogP contribution in [0.4, 0.5) is 0 Å². The summed E-state index contributed by atoms with van der Waals surface area (Å²) in [4.78, 5) is 17.2. The first kappa shape index (κ1) is 13.4. The third-order valence-corrected chi connectivity index (χ3v) is 5.11. The van der Waals surface area contributed by atoms with Gasteiger partial charge in [0.05, 0.1) is 6.04 Å². The lowest BCUT2D eigenvalue weighted by Crippen LogP contribution is -2.50. The minimum Gasteiger partial charge on any atom is -0.358 e. The third-order valence-electron chi connectivity index (χ3n) is 5.11. The van der Waals surface area contributed by atoms with Crippen LogP contribution in [0.1, 0.15) is 33.1 Å². The van der Waals surface area contributed by atoms with Crippen LogP contribution in [0.3, 0.4) is 0 Å². The SMILES string of the molecule is CNC(=O)[C@@H]1C[C@H]2CN(CC3CC3)C[C@H]2N1C(C)C. The molecule has 0 spiro atoms. The Hall–Kier alpha value is -0.610. The van der Waals surface area contributed by atoms with Crippen LogP contribution in [-0.4, -0.2) is 60.5 Å². The van der Waals surface area contributed by atoms with Crippen LogP contribution in [0.25, 0.3) is 0 Å². The minimum atomic E-state index is 0.100. The van der Waals surface area contributed by atoms with Crippen LogP contribution in [0.5, 0.6) is 0 Å². The highest BCUT2D eigenvalue weighted by Gasteiger charge is 2.49. The fraction of sp³-hybridized carbons (Fsp3) is 0.933. The number of nitrogens with zero attached hydrogens (tertiary/aromatic N) is 2. The van der Waals surface area contributed by atoms with Gasteiger partial charge in [0.1, 0.15) is 0 Å². The van der Waals surface area contributed by atoms with Crippen molar-refractivity contribution in [3.8, 4) is 0 Å². The van der Waals surface area contributed by atoms with Crippen molar-refractivity contribution in [1.82, 2.24) is 15.1 Å². The summed E-state index contributed by atoms with van der Waals surface area (Å²) in [6.45, 7) is 8.12. The van der Waals surface area contributed by atoms with E-state index in [4.69, 9.17) is 0 Å². The molecular weight excluding hydrogens is 238 g/mol. The highest BCUT2D eigenvalue weighted by atomic mass is 16.2. The van der Waals surface area contributed by atoms with Gasteiger partial charge in [-0.25, -0.2) is 0 Å². The number of nitrogens with one attached hydrogen (secondary N) is 1. The maximum atomic E-state index is 12.1. The summed E-state index contributed by atoms with van der Waals surface area (Å²) in [7, 11) is 1.76. The maximum absolute atomic E-state index is 12.1. The second kappa shape index (κ2) is 5.06. The summed E-state index contributed by atoms with van der Waals surface area (Å²) in [5, 5.41) is 2.84. The molecule has 0 aromatic rings. The molecule has 0 aromatic heterocycles. The average Bonchev–Trinajstić information content (AvgIpc) is 2.97. The van der Waals surface area contributed by atoms with Crippen molar-refractivity contribution in [2.75, 3.05) is 26.7 Å². The van der Waals surface area contributed by atoms with Crippen LogP contribution in [0.15, 0.2) is 0 Å². The molecule has 2 aliphatic heterocycles. The molecule has 3 aliphatic rings. The molecule has 108 valence electrons. The number of rotatable bonds is 4. The lowest BCUT2D eigenvalue weighted by Gasteiger charge is -2.33. The standard InChI is InChI=1S/C15H27N3O/c1-10(2)18-13(15(19)16-3)6-12-8-17(9-14(12)18)7-11-4-5-11/h10-14H,4-9H2,1-3H3,(H,16,19)/t12-,13-,14+/m0/s1. The predicted molar refractivity (Wildman–Crippen MR) is 75.9 cm³/mol. The summed E-state index contributed by atoms with van der Waals surface area (Å²) in [5.41, 5.74) is 0. The number of likely N-dealkylation sites (N-methyl/N-ethyl adjacent to an activating group) is 1. The van der Waals surface area contributed by atoms with Gasteiger partial charge in [-0.1, -0.05) is 0 Å². The number of fused-ring (bicyclic) bond motifs is 1. The first-order valence-electron chi connectivity index (χ1n) is 7.81. The van der Waals surface area contributed by atoms with Crippen molar-refractivity contribution in [1.29, 1.82) is 0 Å². The normalized spacial score (nSPS) is 35.9. The van der Waals surface area contributed by atoms with Gasteiger partial charge < -0.3 is 10.2 Å². The van der Waals surface area contributed by atoms with Crippen LogP contribution < -0.4 is 5.32 Å². The molecule has 1 N–H and O–H groups in total. The third kappa shape index (κ3) is 2.52. The van der Waals surface area contributed by atoms with E-state index in [1.54, 1.807) is 7.05 Å². The molecule has 19 heavy (non-hydrogen) atoms.